The van der Waals surface area contributed by atoms with E-state index in [0.717, 1.165) is 0 Å². The van der Waals surface area contributed by atoms with Crippen LogP contribution in [-0.2, 0) is 10.0 Å². The molecule has 1 atom stereocenters. The molecule has 0 amide bonds. The molecule has 1 aromatic carbocycles. The van der Waals surface area contributed by atoms with Crippen molar-refractivity contribution in [2.45, 2.75) is 24.8 Å². The molecule has 1 rings (SSSR count). The number of nitrogens with one attached hydrogen (secondary N) is 1. The van der Waals surface area contributed by atoms with Crippen LogP contribution in [0.3, 0.4) is 0 Å². The van der Waals surface area contributed by atoms with Crippen LogP contribution in [0.4, 0.5) is 0 Å². The smallest absolute Gasteiger partial charge is 0.240 e. The lowest BCUT2D eigenvalue weighted by Crippen LogP contribution is -2.41. The largest absolute Gasteiger partial charge is 0.395 e. The van der Waals surface area contributed by atoms with Crippen molar-refractivity contribution < 1.29 is 13.5 Å². The fourth-order valence-electron chi connectivity index (χ4n) is 1.29. The molecule has 0 aliphatic heterocycles. The van der Waals surface area contributed by atoms with Gasteiger partial charge in [-0.3, -0.25) is 0 Å². The number of halogens is 1. The molecule has 0 unspecified atom stereocenters. The highest BCUT2D eigenvalue weighted by molar-refractivity contribution is 9.10. The predicted octanol–water partition coefficient (Wildman–Crippen LogP) is 1.74. The van der Waals surface area contributed by atoms with E-state index in [1.807, 2.05) is 13.8 Å². The molecule has 0 aliphatic rings. The van der Waals surface area contributed by atoms with E-state index in [4.69, 9.17) is 5.11 Å². The van der Waals surface area contributed by atoms with Gasteiger partial charge in [0, 0.05) is 10.5 Å². The molecule has 1 aromatic rings. The number of rotatable bonds is 5. The van der Waals surface area contributed by atoms with Gasteiger partial charge >= 0.3 is 0 Å². The summed E-state index contributed by atoms with van der Waals surface area (Å²) in [5, 5.41) is 9.13. The summed E-state index contributed by atoms with van der Waals surface area (Å²) in [6, 6.07) is 5.98. The van der Waals surface area contributed by atoms with Gasteiger partial charge in [-0.15, -0.1) is 0 Å². The zero-order chi connectivity index (χ0) is 13.1. The van der Waals surface area contributed by atoms with Crippen molar-refractivity contribution in [3.8, 4) is 0 Å². The van der Waals surface area contributed by atoms with Gasteiger partial charge < -0.3 is 5.11 Å². The molecule has 0 aliphatic carbocycles. The van der Waals surface area contributed by atoms with Crippen LogP contribution < -0.4 is 4.72 Å². The van der Waals surface area contributed by atoms with Gasteiger partial charge in [0.1, 0.15) is 0 Å². The van der Waals surface area contributed by atoms with E-state index in [2.05, 4.69) is 20.7 Å². The van der Waals surface area contributed by atoms with Crippen LogP contribution in [0, 0.1) is 5.92 Å². The molecular formula is C11H16BrNO3S. The third-order valence-electron chi connectivity index (χ3n) is 2.41. The Balaban J connectivity index is 2.96. The van der Waals surface area contributed by atoms with Crippen molar-refractivity contribution in [2.24, 2.45) is 5.92 Å². The lowest BCUT2D eigenvalue weighted by atomic mass is 10.1. The van der Waals surface area contributed by atoms with Gasteiger partial charge in [-0.25, -0.2) is 13.1 Å². The molecule has 0 fully saturated rings. The first-order chi connectivity index (χ1) is 7.86. The first-order valence-corrected chi connectivity index (χ1v) is 7.53. The van der Waals surface area contributed by atoms with Gasteiger partial charge in [0.2, 0.25) is 10.0 Å². The Kier molecular flexibility index (Phi) is 5.12. The average molecular weight is 322 g/mol. The molecule has 0 aromatic heterocycles. The van der Waals surface area contributed by atoms with Crippen molar-refractivity contribution in [3.05, 3.63) is 28.7 Å². The van der Waals surface area contributed by atoms with Gasteiger partial charge in [-0.1, -0.05) is 35.8 Å². The summed E-state index contributed by atoms with van der Waals surface area (Å²) in [6.45, 7) is 3.49. The molecule has 0 heterocycles. The van der Waals surface area contributed by atoms with E-state index in [-0.39, 0.29) is 17.4 Å². The highest BCUT2D eigenvalue weighted by Gasteiger charge is 2.21. The first kappa shape index (κ1) is 14.6. The second-order valence-electron chi connectivity index (χ2n) is 4.11. The van der Waals surface area contributed by atoms with Gasteiger partial charge in [0.15, 0.2) is 0 Å². The summed E-state index contributed by atoms with van der Waals surface area (Å²) < 4.78 is 27.2. The van der Waals surface area contributed by atoms with Crippen LogP contribution in [0.5, 0.6) is 0 Å². The molecule has 0 saturated carbocycles. The summed E-state index contributed by atoms with van der Waals surface area (Å²) in [6.07, 6.45) is 0. The number of hydrogen-bond donors (Lipinski definition) is 2. The zero-order valence-corrected chi connectivity index (χ0v) is 12.1. The van der Waals surface area contributed by atoms with E-state index in [9.17, 15) is 8.42 Å². The van der Waals surface area contributed by atoms with Crippen molar-refractivity contribution in [3.63, 3.8) is 0 Å². The van der Waals surface area contributed by atoms with Gasteiger partial charge in [-0.05, 0) is 24.1 Å². The van der Waals surface area contributed by atoms with E-state index in [1.165, 1.54) is 12.1 Å². The molecule has 96 valence electrons. The second kappa shape index (κ2) is 5.95. The highest BCUT2D eigenvalue weighted by Crippen LogP contribution is 2.17. The van der Waals surface area contributed by atoms with Crippen LogP contribution >= 0.6 is 15.9 Å². The third kappa shape index (κ3) is 4.06. The maximum absolute atomic E-state index is 12.0. The Bertz CT molecular complexity index is 473. The molecular weight excluding hydrogens is 306 g/mol. The zero-order valence-electron chi connectivity index (χ0n) is 9.72. The second-order valence-corrected chi connectivity index (χ2v) is 6.74. The Labute approximate surface area is 110 Å². The lowest BCUT2D eigenvalue weighted by Gasteiger charge is -2.19. The minimum atomic E-state index is -3.58. The quantitative estimate of drug-likeness (QED) is 0.868. The van der Waals surface area contributed by atoms with Gasteiger partial charge in [0.05, 0.1) is 11.5 Å². The number of hydrogen-bond acceptors (Lipinski definition) is 3. The molecule has 0 saturated heterocycles. The number of benzene rings is 1. The molecule has 0 radical (unpaired) electrons. The monoisotopic (exact) mass is 321 g/mol. The maximum atomic E-state index is 12.0. The normalized spacial score (nSPS) is 13.9. The number of aliphatic hydroxyl groups excluding tert-OH is 1. The van der Waals surface area contributed by atoms with E-state index < -0.39 is 16.1 Å². The van der Waals surface area contributed by atoms with Crippen molar-refractivity contribution >= 4 is 26.0 Å². The van der Waals surface area contributed by atoms with Crippen LogP contribution in [0.15, 0.2) is 33.6 Å². The van der Waals surface area contributed by atoms with Crippen molar-refractivity contribution in [1.29, 1.82) is 0 Å². The van der Waals surface area contributed by atoms with Crippen LogP contribution in [0.25, 0.3) is 0 Å². The first-order valence-electron chi connectivity index (χ1n) is 5.25. The summed E-state index contributed by atoms with van der Waals surface area (Å²) >= 11 is 3.23. The molecule has 4 nitrogen and oxygen atoms in total. The average Bonchev–Trinajstić information content (AvgIpc) is 2.25. The van der Waals surface area contributed by atoms with Crippen LogP contribution in [-0.4, -0.2) is 26.2 Å². The minimum absolute atomic E-state index is 0.0296. The number of sulfonamides is 1. The highest BCUT2D eigenvalue weighted by atomic mass is 79.9. The number of aliphatic hydroxyl groups is 1. The third-order valence-corrected chi connectivity index (χ3v) is 4.40. The van der Waals surface area contributed by atoms with Gasteiger partial charge in [-0.2, -0.15) is 0 Å². The minimum Gasteiger partial charge on any atom is -0.395 e. The predicted molar refractivity (Wildman–Crippen MR) is 70.2 cm³/mol. The summed E-state index contributed by atoms with van der Waals surface area (Å²) in [7, 11) is -3.58. The van der Waals surface area contributed by atoms with Crippen LogP contribution in [0.1, 0.15) is 13.8 Å². The van der Waals surface area contributed by atoms with Crippen LogP contribution in [0.2, 0.25) is 0 Å². The van der Waals surface area contributed by atoms with Crippen molar-refractivity contribution in [1.82, 2.24) is 4.72 Å². The summed E-state index contributed by atoms with van der Waals surface area (Å²) in [5.41, 5.74) is 0. The molecule has 17 heavy (non-hydrogen) atoms. The molecule has 2 N–H and O–H groups in total. The molecule has 0 spiro atoms. The van der Waals surface area contributed by atoms with Gasteiger partial charge in [0.25, 0.3) is 0 Å². The Morgan fingerprint density at radius 3 is 2.53 bits per heavy atom. The maximum Gasteiger partial charge on any atom is 0.240 e. The fraction of sp³-hybridized carbons (Fsp3) is 0.455. The summed E-state index contributed by atoms with van der Waals surface area (Å²) in [5.74, 6) is 0.0296. The Morgan fingerprint density at radius 1 is 1.41 bits per heavy atom. The molecule has 0 bridgehead atoms. The topological polar surface area (TPSA) is 66.4 Å². The SMILES string of the molecule is CC(C)[C@@H](CO)NS(=O)(=O)c1cccc(Br)c1. The molecule has 6 heteroatoms. The van der Waals surface area contributed by atoms with E-state index >= 15 is 0 Å². The standard InChI is InChI=1S/C11H16BrNO3S/c1-8(2)11(7-14)13-17(15,16)10-5-3-4-9(12)6-10/h3-6,8,11,13-14H,7H2,1-2H3/t11-/m1/s1. The lowest BCUT2D eigenvalue weighted by molar-refractivity contribution is 0.227. The van der Waals surface area contributed by atoms with Crippen molar-refractivity contribution in [2.75, 3.05) is 6.61 Å². The Hall–Kier alpha value is -0.430. The Morgan fingerprint density at radius 2 is 2.06 bits per heavy atom. The van der Waals surface area contributed by atoms with E-state index in [0.29, 0.717) is 4.47 Å². The van der Waals surface area contributed by atoms with E-state index in [1.54, 1.807) is 12.1 Å². The summed E-state index contributed by atoms with van der Waals surface area (Å²) in [4.78, 5) is 0.186. The fourth-order valence-corrected chi connectivity index (χ4v) is 3.26.